The highest BCUT2D eigenvalue weighted by Crippen LogP contribution is 2.44. The average Bonchev–Trinajstić information content (AvgIpc) is 2.82. The number of hydrogen-bond acceptors (Lipinski definition) is 1. The maximum Gasteiger partial charge on any atom is 0.168 e. The molecule has 31 heavy (non-hydrogen) atoms. The summed E-state index contributed by atoms with van der Waals surface area (Å²) in [6.45, 7) is 16.3. The molecular formula is C30H52O. The molecule has 0 amide bonds. The van der Waals surface area contributed by atoms with Crippen LogP contribution in [0, 0.1) is 23.2 Å². The van der Waals surface area contributed by atoms with E-state index >= 15 is 0 Å². The lowest BCUT2D eigenvalue weighted by Gasteiger charge is -2.38. The quantitative estimate of drug-likeness (QED) is 0.426. The van der Waals surface area contributed by atoms with E-state index in [1.807, 2.05) is 48.5 Å². The summed E-state index contributed by atoms with van der Waals surface area (Å²) < 4.78 is 0. The van der Waals surface area contributed by atoms with E-state index in [2.05, 4.69) is 31.2 Å². The molecule has 0 aliphatic heterocycles. The van der Waals surface area contributed by atoms with Gasteiger partial charge in [-0.25, -0.2) is 0 Å². The van der Waals surface area contributed by atoms with Crippen LogP contribution in [0.15, 0.2) is 24.3 Å². The number of carbonyl (C=O) groups is 1. The smallest absolute Gasteiger partial charge is 0.168 e. The predicted octanol–water partition coefficient (Wildman–Crippen LogP) is 9.85. The first-order valence-electron chi connectivity index (χ1n) is 13.5. The molecule has 178 valence electrons. The molecule has 0 heterocycles. The van der Waals surface area contributed by atoms with Crippen molar-refractivity contribution in [2.24, 2.45) is 23.2 Å². The van der Waals surface area contributed by atoms with Crippen molar-refractivity contribution in [3.63, 3.8) is 0 Å². The van der Waals surface area contributed by atoms with E-state index in [0.717, 1.165) is 23.3 Å². The largest absolute Gasteiger partial charge is 0.294 e. The van der Waals surface area contributed by atoms with Crippen LogP contribution in [-0.2, 0) is 0 Å². The Kier molecular flexibility index (Phi) is 12.7. The van der Waals surface area contributed by atoms with E-state index in [1.165, 1.54) is 69.8 Å². The minimum atomic E-state index is -0.296. The maximum atomic E-state index is 12.4. The van der Waals surface area contributed by atoms with Crippen LogP contribution in [-0.4, -0.2) is 5.78 Å². The molecule has 2 aliphatic carbocycles. The topological polar surface area (TPSA) is 17.1 Å². The monoisotopic (exact) mass is 428 g/mol. The van der Waals surface area contributed by atoms with Gasteiger partial charge in [0, 0.05) is 11.0 Å². The summed E-state index contributed by atoms with van der Waals surface area (Å²) in [5.74, 6) is 3.96. The number of hydrogen-bond donors (Lipinski definition) is 0. The lowest BCUT2D eigenvalue weighted by Crippen LogP contribution is -2.25. The zero-order chi connectivity index (χ0) is 23.4. The second-order valence-corrected chi connectivity index (χ2v) is 10.4. The normalized spacial score (nSPS) is 26.1. The highest BCUT2D eigenvalue weighted by Gasteiger charge is 2.31. The first-order valence-corrected chi connectivity index (χ1v) is 13.5. The molecule has 2 fully saturated rings. The van der Waals surface area contributed by atoms with Gasteiger partial charge in [-0.2, -0.15) is 0 Å². The summed E-state index contributed by atoms with van der Waals surface area (Å²) in [4.78, 5) is 12.4. The maximum absolute atomic E-state index is 12.4. The van der Waals surface area contributed by atoms with Gasteiger partial charge in [0.2, 0.25) is 0 Å². The molecule has 0 aromatic heterocycles. The van der Waals surface area contributed by atoms with E-state index in [-0.39, 0.29) is 11.2 Å². The fraction of sp³-hybridized carbons (Fsp3) is 0.767. The summed E-state index contributed by atoms with van der Waals surface area (Å²) in [5, 5.41) is 0. The van der Waals surface area contributed by atoms with Gasteiger partial charge in [-0.3, -0.25) is 4.79 Å². The number of ketones is 1. The molecule has 1 heteroatoms. The summed E-state index contributed by atoms with van der Waals surface area (Å²) >= 11 is 0. The molecule has 1 aromatic carbocycles. The highest BCUT2D eigenvalue weighted by molar-refractivity contribution is 5.99. The molecule has 2 aliphatic rings. The number of Topliss-reactive ketones (excluding diaryl/α,β-unsaturated/α-hetero) is 1. The van der Waals surface area contributed by atoms with Gasteiger partial charge in [-0.1, -0.05) is 105 Å². The lowest BCUT2D eigenvalue weighted by atomic mass is 9.68. The Morgan fingerprint density at radius 3 is 1.65 bits per heavy atom. The van der Waals surface area contributed by atoms with Crippen molar-refractivity contribution in [3.8, 4) is 0 Å². The van der Waals surface area contributed by atoms with Crippen LogP contribution in [0.4, 0.5) is 0 Å². The molecule has 0 N–H and O–H groups in total. The van der Waals surface area contributed by atoms with E-state index in [0.29, 0.717) is 5.92 Å². The molecule has 0 radical (unpaired) electrons. The molecule has 0 unspecified atom stereocenters. The molecule has 0 saturated heterocycles. The summed E-state index contributed by atoms with van der Waals surface area (Å²) in [6, 6.07) is 8.56. The van der Waals surface area contributed by atoms with Crippen molar-refractivity contribution < 1.29 is 4.79 Å². The summed E-state index contributed by atoms with van der Waals surface area (Å²) in [5.41, 5.74) is 2.02. The van der Waals surface area contributed by atoms with Crippen molar-refractivity contribution >= 4 is 5.78 Å². The van der Waals surface area contributed by atoms with Gasteiger partial charge >= 0.3 is 0 Å². The third kappa shape index (κ3) is 8.39. The minimum Gasteiger partial charge on any atom is -0.294 e. The predicted molar refractivity (Wildman–Crippen MR) is 138 cm³/mol. The van der Waals surface area contributed by atoms with Gasteiger partial charge in [-0.05, 0) is 67.8 Å². The summed E-state index contributed by atoms with van der Waals surface area (Å²) in [7, 11) is 0. The van der Waals surface area contributed by atoms with Gasteiger partial charge < -0.3 is 0 Å². The van der Waals surface area contributed by atoms with E-state index in [1.54, 1.807) is 0 Å². The zero-order valence-corrected chi connectivity index (χ0v) is 22.1. The van der Waals surface area contributed by atoms with Crippen LogP contribution in [0.1, 0.15) is 141 Å². The first kappa shape index (κ1) is 27.9. The van der Waals surface area contributed by atoms with Crippen molar-refractivity contribution in [1.82, 2.24) is 0 Å². The van der Waals surface area contributed by atoms with Crippen molar-refractivity contribution in [2.75, 3.05) is 0 Å². The Labute approximate surface area is 194 Å². The Hall–Kier alpha value is -1.11. The minimum absolute atomic E-state index is 0.247. The Morgan fingerprint density at radius 2 is 1.23 bits per heavy atom. The fourth-order valence-corrected chi connectivity index (χ4v) is 5.62. The molecular weight excluding hydrogens is 376 g/mol. The zero-order valence-electron chi connectivity index (χ0n) is 22.1. The van der Waals surface area contributed by atoms with Crippen LogP contribution < -0.4 is 0 Å². The van der Waals surface area contributed by atoms with E-state index in [4.69, 9.17) is 0 Å². The highest BCUT2D eigenvalue weighted by atomic mass is 16.1. The van der Waals surface area contributed by atoms with Crippen LogP contribution in [0.3, 0.4) is 0 Å². The number of carbonyl (C=O) groups excluding carboxylic acids is 1. The van der Waals surface area contributed by atoms with Crippen LogP contribution >= 0.6 is 0 Å². The van der Waals surface area contributed by atoms with Gasteiger partial charge in [0.05, 0.1) is 0 Å². The van der Waals surface area contributed by atoms with E-state index in [9.17, 15) is 4.79 Å². The Balaban J connectivity index is 0.00000113. The third-order valence-electron chi connectivity index (χ3n) is 7.35. The van der Waals surface area contributed by atoms with Crippen molar-refractivity contribution in [1.29, 1.82) is 0 Å². The average molecular weight is 429 g/mol. The second-order valence-electron chi connectivity index (χ2n) is 10.4. The van der Waals surface area contributed by atoms with Crippen LogP contribution in [0.5, 0.6) is 0 Å². The third-order valence-corrected chi connectivity index (χ3v) is 7.35. The second kappa shape index (κ2) is 14.1. The summed E-state index contributed by atoms with van der Waals surface area (Å²) in [6.07, 6.45) is 14.3. The standard InChI is InChI=1S/C26H40O.2C2H6/c1-5-6-19-7-9-20(10-8-19)21-11-13-22(14-12-21)23-15-17-24(18-16-23)25(27)26(2,3)4;2*1-2/h15-22H,5-14H2,1-4H3;2*1-2H3. The SMILES string of the molecule is CC.CC.CCCC1CCC(C2CCC(c3ccc(C(=O)C(C)(C)C)cc3)CC2)CC1. The van der Waals surface area contributed by atoms with Crippen molar-refractivity contribution in [2.45, 2.75) is 126 Å². The van der Waals surface area contributed by atoms with Crippen LogP contribution in [0.25, 0.3) is 0 Å². The fourth-order valence-electron chi connectivity index (χ4n) is 5.62. The van der Waals surface area contributed by atoms with Crippen LogP contribution in [0.2, 0.25) is 0 Å². The Bertz CT molecular complexity index is 590. The molecule has 0 atom stereocenters. The first-order chi connectivity index (χ1) is 14.9. The number of benzene rings is 1. The Morgan fingerprint density at radius 1 is 0.774 bits per heavy atom. The molecule has 2 saturated carbocycles. The number of rotatable bonds is 5. The van der Waals surface area contributed by atoms with Gasteiger partial charge in [-0.15, -0.1) is 0 Å². The lowest BCUT2D eigenvalue weighted by molar-refractivity contribution is 0.0858. The van der Waals surface area contributed by atoms with Crippen molar-refractivity contribution in [3.05, 3.63) is 35.4 Å². The van der Waals surface area contributed by atoms with E-state index < -0.39 is 0 Å². The molecule has 0 bridgehead atoms. The molecule has 0 spiro atoms. The molecule has 1 nitrogen and oxygen atoms in total. The molecule has 1 aromatic rings. The van der Waals surface area contributed by atoms with Gasteiger partial charge in [0.1, 0.15) is 0 Å². The van der Waals surface area contributed by atoms with Gasteiger partial charge in [0.25, 0.3) is 0 Å². The molecule has 3 rings (SSSR count). The van der Waals surface area contributed by atoms with Gasteiger partial charge in [0.15, 0.2) is 5.78 Å².